The predicted octanol–water partition coefficient (Wildman–Crippen LogP) is 2.58. The molecule has 1 atom stereocenters. The van der Waals surface area contributed by atoms with Crippen LogP contribution in [-0.4, -0.2) is 25.0 Å². The number of aryl methyl sites for hydroxylation is 1. The van der Waals surface area contributed by atoms with Crippen molar-refractivity contribution in [1.29, 1.82) is 0 Å². The van der Waals surface area contributed by atoms with Crippen LogP contribution < -0.4 is 10.6 Å². The van der Waals surface area contributed by atoms with E-state index in [1.165, 1.54) is 24.2 Å². The van der Waals surface area contributed by atoms with Crippen LogP contribution in [0.1, 0.15) is 34.5 Å². The highest BCUT2D eigenvalue weighted by Crippen LogP contribution is 2.26. The molecule has 0 spiro atoms. The lowest BCUT2D eigenvalue weighted by Gasteiger charge is -2.10. The average Bonchev–Trinajstić information content (AvgIpc) is 2.91. The average molecular weight is 273 g/mol. The largest absolute Gasteiger partial charge is 0.351 e. The van der Waals surface area contributed by atoms with Crippen LogP contribution in [0.4, 0.5) is 0 Å². The zero-order valence-electron chi connectivity index (χ0n) is 9.88. The van der Waals surface area contributed by atoms with Gasteiger partial charge in [-0.25, -0.2) is 0 Å². The second kappa shape index (κ2) is 5.85. The second-order valence-electron chi connectivity index (χ2n) is 4.40. The monoisotopic (exact) mass is 272 g/mol. The van der Waals surface area contributed by atoms with Crippen molar-refractivity contribution in [2.24, 2.45) is 0 Å². The van der Waals surface area contributed by atoms with Gasteiger partial charge in [-0.05, 0) is 43.7 Å². The lowest BCUT2D eigenvalue weighted by molar-refractivity contribution is 0.0956. The molecule has 94 valence electrons. The molecule has 1 aromatic rings. The SMILES string of the molecule is Cc1csc(C(=O)NCC[C@H]2CCCN2)c1Cl. The molecule has 2 rings (SSSR count). The summed E-state index contributed by atoms with van der Waals surface area (Å²) < 4.78 is 0. The Kier molecular flexibility index (Phi) is 4.42. The molecule has 0 saturated carbocycles. The fourth-order valence-corrected chi connectivity index (χ4v) is 3.22. The minimum absolute atomic E-state index is 0.0499. The van der Waals surface area contributed by atoms with Crippen LogP contribution in [0, 0.1) is 6.92 Å². The number of halogens is 1. The number of hydrogen-bond acceptors (Lipinski definition) is 3. The van der Waals surface area contributed by atoms with Gasteiger partial charge in [-0.1, -0.05) is 11.6 Å². The zero-order chi connectivity index (χ0) is 12.3. The molecule has 17 heavy (non-hydrogen) atoms. The number of carbonyl (C=O) groups is 1. The molecule has 0 unspecified atom stereocenters. The van der Waals surface area contributed by atoms with Crippen LogP contribution in [0.25, 0.3) is 0 Å². The van der Waals surface area contributed by atoms with E-state index in [1.54, 1.807) is 0 Å². The van der Waals surface area contributed by atoms with E-state index in [4.69, 9.17) is 11.6 Å². The molecule has 1 saturated heterocycles. The first-order valence-electron chi connectivity index (χ1n) is 5.93. The molecule has 2 N–H and O–H groups in total. The molecule has 1 aliphatic rings. The molecular formula is C12H17ClN2OS. The molecule has 2 heterocycles. The summed E-state index contributed by atoms with van der Waals surface area (Å²) >= 11 is 7.45. The summed E-state index contributed by atoms with van der Waals surface area (Å²) in [4.78, 5) is 12.5. The highest BCUT2D eigenvalue weighted by molar-refractivity contribution is 7.13. The van der Waals surface area contributed by atoms with Crippen molar-refractivity contribution in [3.8, 4) is 0 Å². The molecule has 1 fully saturated rings. The Morgan fingerprint density at radius 3 is 3.12 bits per heavy atom. The number of nitrogens with one attached hydrogen (secondary N) is 2. The number of hydrogen-bond donors (Lipinski definition) is 2. The molecule has 3 nitrogen and oxygen atoms in total. The summed E-state index contributed by atoms with van der Waals surface area (Å²) in [6.45, 7) is 3.73. The number of rotatable bonds is 4. The Bertz CT molecular complexity index is 399. The van der Waals surface area contributed by atoms with E-state index in [-0.39, 0.29) is 5.91 Å². The van der Waals surface area contributed by atoms with Gasteiger partial charge in [-0.15, -0.1) is 11.3 Å². The highest BCUT2D eigenvalue weighted by atomic mass is 35.5. The van der Waals surface area contributed by atoms with E-state index in [1.807, 2.05) is 12.3 Å². The molecule has 0 aliphatic carbocycles. The van der Waals surface area contributed by atoms with Gasteiger partial charge in [-0.2, -0.15) is 0 Å². The van der Waals surface area contributed by atoms with E-state index < -0.39 is 0 Å². The van der Waals surface area contributed by atoms with Gasteiger partial charge in [0.25, 0.3) is 5.91 Å². The van der Waals surface area contributed by atoms with Crippen molar-refractivity contribution in [2.45, 2.75) is 32.2 Å². The summed E-state index contributed by atoms with van der Waals surface area (Å²) in [5.74, 6) is -0.0499. The molecule has 0 radical (unpaired) electrons. The Balaban J connectivity index is 1.79. The first-order chi connectivity index (χ1) is 8.18. The topological polar surface area (TPSA) is 41.1 Å². The van der Waals surface area contributed by atoms with Crippen molar-refractivity contribution >= 4 is 28.8 Å². The van der Waals surface area contributed by atoms with Gasteiger partial charge in [0.2, 0.25) is 0 Å². The maximum absolute atomic E-state index is 11.8. The molecule has 1 aliphatic heterocycles. The van der Waals surface area contributed by atoms with Crippen LogP contribution in [0.15, 0.2) is 5.38 Å². The maximum atomic E-state index is 11.8. The van der Waals surface area contributed by atoms with Gasteiger partial charge in [-0.3, -0.25) is 4.79 Å². The van der Waals surface area contributed by atoms with Crippen molar-refractivity contribution < 1.29 is 4.79 Å². The third-order valence-electron chi connectivity index (χ3n) is 3.05. The third kappa shape index (κ3) is 3.21. The van der Waals surface area contributed by atoms with E-state index in [0.29, 0.717) is 22.5 Å². The lowest BCUT2D eigenvalue weighted by atomic mass is 10.1. The minimum Gasteiger partial charge on any atom is -0.351 e. The lowest BCUT2D eigenvalue weighted by Crippen LogP contribution is -2.30. The first-order valence-corrected chi connectivity index (χ1v) is 7.19. The molecule has 5 heteroatoms. The van der Waals surface area contributed by atoms with Crippen LogP contribution >= 0.6 is 22.9 Å². The van der Waals surface area contributed by atoms with Crippen LogP contribution in [0.2, 0.25) is 5.02 Å². The van der Waals surface area contributed by atoms with Crippen molar-refractivity contribution in [3.05, 3.63) is 20.8 Å². The van der Waals surface area contributed by atoms with Crippen molar-refractivity contribution in [1.82, 2.24) is 10.6 Å². The standard InChI is InChI=1S/C12H17ClN2OS/c1-8-7-17-11(10(8)13)12(16)15-6-4-9-3-2-5-14-9/h7,9,14H,2-6H2,1H3,(H,15,16)/t9-/m1/s1. The molecule has 0 aromatic carbocycles. The van der Waals surface area contributed by atoms with E-state index in [9.17, 15) is 4.79 Å². The van der Waals surface area contributed by atoms with Crippen LogP contribution in [0.5, 0.6) is 0 Å². The van der Waals surface area contributed by atoms with E-state index in [2.05, 4.69) is 10.6 Å². The van der Waals surface area contributed by atoms with Gasteiger partial charge in [0, 0.05) is 12.6 Å². The minimum atomic E-state index is -0.0499. The number of carbonyl (C=O) groups excluding carboxylic acids is 1. The Morgan fingerprint density at radius 2 is 2.53 bits per heavy atom. The summed E-state index contributed by atoms with van der Waals surface area (Å²) in [5, 5.41) is 8.84. The molecular weight excluding hydrogens is 256 g/mol. The van der Waals surface area contributed by atoms with Gasteiger partial charge >= 0.3 is 0 Å². The summed E-state index contributed by atoms with van der Waals surface area (Å²) in [6, 6.07) is 0.566. The summed E-state index contributed by atoms with van der Waals surface area (Å²) in [7, 11) is 0. The first kappa shape index (κ1) is 12.9. The van der Waals surface area contributed by atoms with E-state index in [0.717, 1.165) is 18.5 Å². The molecule has 0 bridgehead atoms. The molecule has 1 aromatic heterocycles. The van der Waals surface area contributed by atoms with E-state index >= 15 is 0 Å². The van der Waals surface area contributed by atoms with Crippen molar-refractivity contribution in [3.63, 3.8) is 0 Å². The number of amides is 1. The Hall–Kier alpha value is -0.580. The highest BCUT2D eigenvalue weighted by Gasteiger charge is 2.16. The third-order valence-corrected chi connectivity index (χ3v) is 4.74. The normalized spacial score (nSPS) is 19.5. The molecule has 1 amide bonds. The van der Waals surface area contributed by atoms with Crippen molar-refractivity contribution in [2.75, 3.05) is 13.1 Å². The fraction of sp³-hybridized carbons (Fsp3) is 0.583. The predicted molar refractivity (Wildman–Crippen MR) is 72.0 cm³/mol. The number of thiophene rings is 1. The van der Waals surface area contributed by atoms with Crippen LogP contribution in [0.3, 0.4) is 0 Å². The Morgan fingerprint density at radius 1 is 1.71 bits per heavy atom. The smallest absolute Gasteiger partial charge is 0.262 e. The Labute approximate surface area is 111 Å². The summed E-state index contributed by atoms with van der Waals surface area (Å²) in [5.41, 5.74) is 0.972. The van der Waals surface area contributed by atoms with Gasteiger partial charge in [0.1, 0.15) is 4.88 Å². The quantitative estimate of drug-likeness (QED) is 0.885. The maximum Gasteiger partial charge on any atom is 0.262 e. The fourth-order valence-electron chi connectivity index (χ4n) is 2.03. The summed E-state index contributed by atoms with van der Waals surface area (Å²) in [6.07, 6.45) is 3.46. The van der Waals surface area contributed by atoms with Gasteiger partial charge < -0.3 is 10.6 Å². The van der Waals surface area contributed by atoms with Gasteiger partial charge in [0.15, 0.2) is 0 Å². The zero-order valence-corrected chi connectivity index (χ0v) is 11.5. The second-order valence-corrected chi connectivity index (χ2v) is 5.66. The van der Waals surface area contributed by atoms with Gasteiger partial charge in [0.05, 0.1) is 5.02 Å². The van der Waals surface area contributed by atoms with Crippen LogP contribution in [-0.2, 0) is 0 Å².